The normalized spacial score (nSPS) is 27.5. The van der Waals surface area contributed by atoms with Crippen molar-refractivity contribution in [3.8, 4) is 5.75 Å². The van der Waals surface area contributed by atoms with Crippen molar-refractivity contribution in [2.75, 3.05) is 20.2 Å². The van der Waals surface area contributed by atoms with Crippen LogP contribution >= 0.6 is 0 Å². The zero-order valence-corrected chi connectivity index (χ0v) is 13.6. The summed E-state index contributed by atoms with van der Waals surface area (Å²) < 4.78 is 5.37. The highest BCUT2D eigenvalue weighted by atomic mass is 16.5. The molecule has 4 heteroatoms. The van der Waals surface area contributed by atoms with E-state index in [0.29, 0.717) is 12.0 Å². The number of aromatic amines is 1. The minimum absolute atomic E-state index is 0.645. The Morgan fingerprint density at radius 2 is 2.32 bits per heavy atom. The van der Waals surface area contributed by atoms with Crippen LogP contribution in [0.15, 0.2) is 12.3 Å². The van der Waals surface area contributed by atoms with Gasteiger partial charge in [-0.05, 0) is 43.9 Å². The standard InChI is InChI=1S/C18H25N3O/c1-3-5-16-14-6-4-8-21(16)9-7-13-15-10-12(22-2)11-19-18(15)20-17(13)14/h10-11,14,16H,3-9H2,1-2H3,(H,19,20)/t14-,16?/m1/s1. The van der Waals surface area contributed by atoms with Gasteiger partial charge in [-0.25, -0.2) is 4.98 Å². The monoisotopic (exact) mass is 299 g/mol. The van der Waals surface area contributed by atoms with Crippen LogP contribution in [0.4, 0.5) is 0 Å². The van der Waals surface area contributed by atoms with E-state index < -0.39 is 0 Å². The molecule has 118 valence electrons. The number of methoxy groups -OCH3 is 1. The molecule has 1 saturated heterocycles. The molecular weight excluding hydrogens is 274 g/mol. The molecule has 2 aromatic rings. The third kappa shape index (κ3) is 2.12. The van der Waals surface area contributed by atoms with Crippen LogP contribution in [-0.4, -0.2) is 41.1 Å². The number of pyridine rings is 1. The van der Waals surface area contributed by atoms with E-state index in [1.165, 1.54) is 55.4 Å². The van der Waals surface area contributed by atoms with Crippen LogP contribution in [0.25, 0.3) is 11.0 Å². The summed E-state index contributed by atoms with van der Waals surface area (Å²) in [6.07, 6.45) is 8.12. The molecule has 0 amide bonds. The molecule has 4 heterocycles. The van der Waals surface area contributed by atoms with E-state index in [2.05, 4.69) is 27.9 Å². The van der Waals surface area contributed by atoms with Gasteiger partial charge in [-0.1, -0.05) is 13.3 Å². The lowest BCUT2D eigenvalue weighted by Gasteiger charge is -2.39. The number of hydrogen-bond acceptors (Lipinski definition) is 3. The first-order valence-corrected chi connectivity index (χ1v) is 8.60. The maximum absolute atomic E-state index is 5.37. The van der Waals surface area contributed by atoms with Crippen molar-refractivity contribution < 1.29 is 4.74 Å². The van der Waals surface area contributed by atoms with Gasteiger partial charge in [0.2, 0.25) is 0 Å². The van der Waals surface area contributed by atoms with Gasteiger partial charge in [0.25, 0.3) is 0 Å². The molecule has 0 aromatic carbocycles. The molecule has 1 fully saturated rings. The molecule has 0 saturated carbocycles. The molecule has 4 rings (SSSR count). The fraction of sp³-hybridized carbons (Fsp3) is 0.611. The fourth-order valence-corrected chi connectivity index (χ4v) is 4.50. The lowest BCUT2D eigenvalue weighted by molar-refractivity contribution is 0.125. The molecule has 4 nitrogen and oxygen atoms in total. The van der Waals surface area contributed by atoms with E-state index in [-0.39, 0.29) is 0 Å². The lowest BCUT2D eigenvalue weighted by Crippen LogP contribution is -2.43. The smallest absolute Gasteiger partial charge is 0.138 e. The zero-order chi connectivity index (χ0) is 15.1. The summed E-state index contributed by atoms with van der Waals surface area (Å²) in [5.41, 5.74) is 3.97. The molecule has 0 aliphatic carbocycles. The average Bonchev–Trinajstić information content (AvgIpc) is 2.88. The van der Waals surface area contributed by atoms with Crippen molar-refractivity contribution >= 4 is 11.0 Å². The van der Waals surface area contributed by atoms with Crippen LogP contribution in [0.1, 0.15) is 49.8 Å². The van der Waals surface area contributed by atoms with Gasteiger partial charge in [-0.15, -0.1) is 0 Å². The van der Waals surface area contributed by atoms with Crippen LogP contribution in [0.2, 0.25) is 0 Å². The van der Waals surface area contributed by atoms with Gasteiger partial charge in [0, 0.05) is 29.6 Å². The first kappa shape index (κ1) is 14.1. The molecule has 2 aromatic heterocycles. The van der Waals surface area contributed by atoms with E-state index in [9.17, 15) is 0 Å². The maximum atomic E-state index is 5.37. The molecule has 0 spiro atoms. The number of H-pyrrole nitrogens is 1. The Hall–Kier alpha value is -1.55. The van der Waals surface area contributed by atoms with E-state index in [1.807, 2.05) is 6.20 Å². The number of ether oxygens (including phenoxy) is 1. The first-order valence-electron chi connectivity index (χ1n) is 8.60. The number of hydrogen-bond donors (Lipinski definition) is 1. The summed E-state index contributed by atoms with van der Waals surface area (Å²) in [5.74, 6) is 1.50. The van der Waals surface area contributed by atoms with Gasteiger partial charge >= 0.3 is 0 Å². The van der Waals surface area contributed by atoms with Crippen molar-refractivity contribution in [2.24, 2.45) is 0 Å². The van der Waals surface area contributed by atoms with Gasteiger partial charge in [0.1, 0.15) is 11.4 Å². The van der Waals surface area contributed by atoms with Crippen molar-refractivity contribution in [1.82, 2.24) is 14.9 Å². The van der Waals surface area contributed by atoms with Crippen molar-refractivity contribution in [3.05, 3.63) is 23.5 Å². The third-order valence-corrected chi connectivity index (χ3v) is 5.50. The second-order valence-electron chi connectivity index (χ2n) is 6.68. The molecule has 0 radical (unpaired) electrons. The quantitative estimate of drug-likeness (QED) is 0.943. The summed E-state index contributed by atoms with van der Waals surface area (Å²) in [4.78, 5) is 11.0. The Morgan fingerprint density at radius 3 is 3.14 bits per heavy atom. The zero-order valence-electron chi connectivity index (χ0n) is 13.6. The van der Waals surface area contributed by atoms with Gasteiger partial charge < -0.3 is 9.72 Å². The number of fused-ring (bicyclic) bond motifs is 6. The highest BCUT2D eigenvalue weighted by Crippen LogP contribution is 2.41. The van der Waals surface area contributed by atoms with Gasteiger partial charge in [0.05, 0.1) is 13.3 Å². The minimum Gasteiger partial charge on any atom is -0.495 e. The second kappa shape index (κ2) is 5.58. The number of nitrogens with one attached hydrogen (secondary N) is 1. The molecule has 3 atom stereocenters. The number of aromatic nitrogens is 2. The number of rotatable bonds is 3. The molecule has 2 bridgehead atoms. The van der Waals surface area contributed by atoms with Crippen molar-refractivity contribution in [1.29, 1.82) is 0 Å². The topological polar surface area (TPSA) is 41.2 Å². The number of nitrogens with zero attached hydrogens (tertiary/aromatic N) is 2. The second-order valence-corrected chi connectivity index (χ2v) is 6.68. The van der Waals surface area contributed by atoms with Gasteiger partial charge in [-0.3, -0.25) is 4.90 Å². The van der Waals surface area contributed by atoms with Crippen molar-refractivity contribution in [2.45, 2.75) is 51.0 Å². The Bertz CT molecular complexity index is 678. The Balaban J connectivity index is 1.84. The summed E-state index contributed by atoms with van der Waals surface area (Å²) in [5, 5.41) is 1.26. The summed E-state index contributed by atoms with van der Waals surface area (Å²) in [6, 6.07) is 2.85. The van der Waals surface area contributed by atoms with Gasteiger partial charge in [-0.2, -0.15) is 0 Å². The lowest BCUT2D eigenvalue weighted by atomic mass is 9.84. The van der Waals surface area contributed by atoms with Crippen molar-refractivity contribution in [3.63, 3.8) is 0 Å². The predicted octanol–water partition coefficient (Wildman–Crippen LogP) is 3.48. The summed E-state index contributed by atoms with van der Waals surface area (Å²) >= 11 is 0. The van der Waals surface area contributed by atoms with E-state index in [0.717, 1.165) is 17.8 Å². The molecule has 2 aliphatic rings. The van der Waals surface area contributed by atoms with E-state index >= 15 is 0 Å². The van der Waals surface area contributed by atoms with Crippen LogP contribution in [0.5, 0.6) is 5.75 Å². The summed E-state index contributed by atoms with van der Waals surface area (Å²) in [7, 11) is 1.71. The maximum Gasteiger partial charge on any atom is 0.138 e. The van der Waals surface area contributed by atoms with E-state index in [4.69, 9.17) is 4.74 Å². The highest BCUT2D eigenvalue weighted by Gasteiger charge is 2.36. The van der Waals surface area contributed by atoms with Crippen LogP contribution in [0, 0.1) is 0 Å². The molecule has 22 heavy (non-hydrogen) atoms. The third-order valence-electron chi connectivity index (χ3n) is 5.50. The first-order chi connectivity index (χ1) is 10.8. The highest BCUT2D eigenvalue weighted by molar-refractivity contribution is 5.83. The van der Waals surface area contributed by atoms with Crippen LogP contribution in [-0.2, 0) is 6.42 Å². The van der Waals surface area contributed by atoms with Crippen LogP contribution < -0.4 is 4.74 Å². The Morgan fingerprint density at radius 1 is 1.41 bits per heavy atom. The molecule has 1 N–H and O–H groups in total. The Labute approximate surface area is 131 Å². The van der Waals surface area contributed by atoms with Gasteiger partial charge in [0.15, 0.2) is 0 Å². The van der Waals surface area contributed by atoms with Crippen LogP contribution in [0.3, 0.4) is 0 Å². The SMILES string of the molecule is CCCC1[C@H]2CCCN1CCc1c2[nH]c2ncc(OC)cc12. The Kier molecular flexibility index (Phi) is 3.57. The predicted molar refractivity (Wildman–Crippen MR) is 88.6 cm³/mol. The molecular formula is C18H25N3O. The molecule has 2 aliphatic heterocycles. The fourth-order valence-electron chi connectivity index (χ4n) is 4.50. The molecule has 2 unspecified atom stereocenters. The summed E-state index contributed by atoms with van der Waals surface area (Å²) in [6.45, 7) is 4.75. The van der Waals surface area contributed by atoms with E-state index in [1.54, 1.807) is 7.11 Å². The average molecular weight is 299 g/mol. The minimum atomic E-state index is 0.645. The number of piperidine rings is 1. The largest absolute Gasteiger partial charge is 0.495 e.